The molecule has 0 aliphatic heterocycles. The van der Waals surface area contributed by atoms with Gasteiger partial charge in [-0.25, -0.2) is 16.8 Å². The summed E-state index contributed by atoms with van der Waals surface area (Å²) in [5, 5.41) is -1.02. The van der Waals surface area contributed by atoms with E-state index in [4.69, 9.17) is 11.6 Å². The molecular formula is C14H19ClO4S2. The summed E-state index contributed by atoms with van der Waals surface area (Å²) in [5.41, 5.74) is 0.636. The van der Waals surface area contributed by atoms with E-state index in [1.165, 1.54) is 0 Å². The Morgan fingerprint density at radius 3 is 2.05 bits per heavy atom. The molecule has 0 aromatic heterocycles. The van der Waals surface area contributed by atoms with Gasteiger partial charge in [0.1, 0.15) is 0 Å². The fourth-order valence-electron chi connectivity index (χ4n) is 2.88. The van der Waals surface area contributed by atoms with Gasteiger partial charge in [-0.1, -0.05) is 36.6 Å². The molecule has 0 heterocycles. The molecule has 0 radical (unpaired) electrons. The predicted octanol–water partition coefficient (Wildman–Crippen LogP) is 2.61. The average molecular weight is 351 g/mol. The fraction of sp³-hybridized carbons (Fsp3) is 0.571. The highest BCUT2D eigenvalue weighted by atomic mass is 35.5. The second kappa shape index (κ2) is 6.26. The lowest BCUT2D eigenvalue weighted by molar-refractivity contribution is 0.471. The van der Waals surface area contributed by atoms with Gasteiger partial charge in [0.15, 0.2) is 19.7 Å². The van der Waals surface area contributed by atoms with Gasteiger partial charge in [-0.05, 0) is 30.5 Å². The number of halogens is 1. The molecule has 1 aliphatic carbocycles. The number of sulfone groups is 2. The van der Waals surface area contributed by atoms with Crippen LogP contribution in [0, 0.1) is 0 Å². The third-order valence-corrected chi connectivity index (χ3v) is 8.25. The fourth-order valence-corrected chi connectivity index (χ4v) is 7.40. The smallest absolute Gasteiger partial charge is 0.158 e. The summed E-state index contributed by atoms with van der Waals surface area (Å²) in [5.74, 6) is -0.138. The summed E-state index contributed by atoms with van der Waals surface area (Å²) < 4.78 is 48.9. The molecule has 2 atom stereocenters. The van der Waals surface area contributed by atoms with Gasteiger partial charge in [0, 0.05) is 11.3 Å². The third-order valence-electron chi connectivity index (χ3n) is 3.93. The lowest BCUT2D eigenvalue weighted by Crippen LogP contribution is -2.42. The topological polar surface area (TPSA) is 68.3 Å². The molecule has 21 heavy (non-hydrogen) atoms. The summed E-state index contributed by atoms with van der Waals surface area (Å²) in [4.78, 5) is 0. The standard InChI is InChI=1S/C14H19ClO4S2/c1-20(16,17)13-4-2-3-5-14(13)21(18,19)10-11-6-8-12(15)9-7-11/h6-9,13-14H,2-5,10H2,1H3/t13-,14-/m1/s1. The van der Waals surface area contributed by atoms with Crippen LogP contribution in [-0.2, 0) is 25.4 Å². The first kappa shape index (κ1) is 16.8. The van der Waals surface area contributed by atoms with E-state index in [2.05, 4.69) is 0 Å². The van der Waals surface area contributed by atoms with E-state index in [-0.39, 0.29) is 5.75 Å². The van der Waals surface area contributed by atoms with Gasteiger partial charge in [-0.2, -0.15) is 0 Å². The average Bonchev–Trinajstić information content (AvgIpc) is 2.40. The highest BCUT2D eigenvalue weighted by Crippen LogP contribution is 2.31. The van der Waals surface area contributed by atoms with E-state index >= 15 is 0 Å². The van der Waals surface area contributed by atoms with Crippen LogP contribution in [0.4, 0.5) is 0 Å². The zero-order valence-electron chi connectivity index (χ0n) is 11.8. The molecule has 1 fully saturated rings. The van der Waals surface area contributed by atoms with Crippen LogP contribution in [-0.4, -0.2) is 33.6 Å². The number of hydrogen-bond donors (Lipinski definition) is 0. The lowest BCUT2D eigenvalue weighted by atomic mass is 10.00. The minimum Gasteiger partial charge on any atom is -0.229 e. The van der Waals surface area contributed by atoms with Gasteiger partial charge in [0.25, 0.3) is 0 Å². The molecule has 1 aromatic rings. The summed E-state index contributed by atoms with van der Waals surface area (Å²) in [6, 6.07) is 6.61. The van der Waals surface area contributed by atoms with Crippen LogP contribution in [0.15, 0.2) is 24.3 Å². The van der Waals surface area contributed by atoms with Crippen LogP contribution in [0.5, 0.6) is 0 Å². The SMILES string of the molecule is CS(=O)(=O)[C@@H]1CCCC[C@H]1S(=O)(=O)Cc1ccc(Cl)cc1. The van der Waals surface area contributed by atoms with Crippen LogP contribution in [0.2, 0.25) is 5.02 Å². The maximum atomic E-state index is 12.6. The monoisotopic (exact) mass is 350 g/mol. The van der Waals surface area contributed by atoms with E-state index in [0.717, 1.165) is 19.1 Å². The van der Waals surface area contributed by atoms with E-state index in [1.807, 2.05) is 0 Å². The van der Waals surface area contributed by atoms with Crippen molar-refractivity contribution in [2.24, 2.45) is 0 Å². The first-order valence-corrected chi connectivity index (χ1v) is 10.9. The largest absolute Gasteiger partial charge is 0.229 e. The molecule has 0 amide bonds. The van der Waals surface area contributed by atoms with Gasteiger partial charge in [-0.15, -0.1) is 0 Å². The second-order valence-electron chi connectivity index (χ2n) is 5.62. The number of benzene rings is 1. The van der Waals surface area contributed by atoms with Crippen molar-refractivity contribution < 1.29 is 16.8 Å². The first-order valence-electron chi connectivity index (χ1n) is 6.85. The van der Waals surface area contributed by atoms with E-state index in [1.54, 1.807) is 24.3 Å². The van der Waals surface area contributed by atoms with Crippen molar-refractivity contribution in [3.05, 3.63) is 34.9 Å². The van der Waals surface area contributed by atoms with E-state index in [0.29, 0.717) is 23.4 Å². The van der Waals surface area contributed by atoms with Crippen molar-refractivity contribution >= 4 is 31.3 Å². The normalized spacial score (nSPS) is 23.9. The molecule has 1 aromatic carbocycles. The summed E-state index contributed by atoms with van der Waals surface area (Å²) in [6.07, 6.45) is 3.52. The highest BCUT2D eigenvalue weighted by Gasteiger charge is 2.40. The van der Waals surface area contributed by atoms with Crippen molar-refractivity contribution in [2.45, 2.75) is 41.9 Å². The Labute approximate surface area is 131 Å². The summed E-state index contributed by atoms with van der Waals surface area (Å²) in [7, 11) is -6.86. The zero-order valence-corrected chi connectivity index (χ0v) is 14.2. The quantitative estimate of drug-likeness (QED) is 0.837. The lowest BCUT2D eigenvalue weighted by Gasteiger charge is -2.29. The molecule has 0 N–H and O–H groups in total. The Bertz CT molecular complexity index is 693. The Morgan fingerprint density at radius 1 is 1.00 bits per heavy atom. The van der Waals surface area contributed by atoms with Crippen LogP contribution >= 0.6 is 11.6 Å². The molecule has 1 saturated carbocycles. The Kier molecular flexibility index (Phi) is 5.00. The maximum Gasteiger partial charge on any atom is 0.158 e. The first-order chi connectivity index (χ1) is 9.70. The zero-order chi connectivity index (χ0) is 15.7. The Hall–Kier alpha value is -0.590. The van der Waals surface area contributed by atoms with Gasteiger partial charge >= 0.3 is 0 Å². The minimum absolute atomic E-state index is 0.138. The van der Waals surface area contributed by atoms with Crippen LogP contribution in [0.1, 0.15) is 31.2 Å². The molecule has 118 valence electrons. The summed E-state index contributed by atoms with van der Waals surface area (Å²) >= 11 is 5.79. The molecule has 4 nitrogen and oxygen atoms in total. The molecular weight excluding hydrogens is 332 g/mol. The van der Waals surface area contributed by atoms with Gasteiger partial charge in [0.2, 0.25) is 0 Å². The molecule has 0 saturated heterocycles. The summed E-state index contributed by atoms with van der Waals surface area (Å²) in [6.45, 7) is 0. The van der Waals surface area contributed by atoms with Crippen molar-refractivity contribution in [3.63, 3.8) is 0 Å². The van der Waals surface area contributed by atoms with Crippen molar-refractivity contribution in [3.8, 4) is 0 Å². The van der Waals surface area contributed by atoms with Crippen LogP contribution in [0.25, 0.3) is 0 Å². The van der Waals surface area contributed by atoms with Crippen molar-refractivity contribution in [2.75, 3.05) is 6.26 Å². The highest BCUT2D eigenvalue weighted by molar-refractivity contribution is 7.95. The second-order valence-corrected chi connectivity index (χ2v) is 10.5. The van der Waals surface area contributed by atoms with Crippen LogP contribution < -0.4 is 0 Å². The van der Waals surface area contributed by atoms with E-state index < -0.39 is 30.2 Å². The Morgan fingerprint density at radius 2 is 1.52 bits per heavy atom. The number of hydrogen-bond acceptors (Lipinski definition) is 4. The van der Waals surface area contributed by atoms with Crippen molar-refractivity contribution in [1.82, 2.24) is 0 Å². The predicted molar refractivity (Wildman–Crippen MR) is 85.0 cm³/mol. The molecule has 0 bridgehead atoms. The molecule has 1 aliphatic rings. The van der Waals surface area contributed by atoms with Gasteiger partial charge in [-0.3, -0.25) is 0 Å². The van der Waals surface area contributed by atoms with E-state index in [9.17, 15) is 16.8 Å². The molecule has 2 rings (SSSR count). The third kappa shape index (κ3) is 4.20. The van der Waals surface area contributed by atoms with Crippen LogP contribution in [0.3, 0.4) is 0 Å². The maximum absolute atomic E-state index is 12.6. The molecule has 7 heteroatoms. The molecule has 0 spiro atoms. The van der Waals surface area contributed by atoms with Crippen molar-refractivity contribution in [1.29, 1.82) is 0 Å². The van der Waals surface area contributed by atoms with Gasteiger partial charge < -0.3 is 0 Å². The minimum atomic E-state index is -3.50. The van der Waals surface area contributed by atoms with Gasteiger partial charge in [0.05, 0.1) is 16.3 Å². The molecule has 0 unspecified atom stereocenters. The number of rotatable bonds is 4. The Balaban J connectivity index is 2.26.